The minimum Gasteiger partial charge on any atom is -0.350 e. The minimum atomic E-state index is 0.479. The lowest BCUT2D eigenvalue weighted by atomic mass is 9.84. The molecule has 2 aromatic heterocycles. The lowest BCUT2D eigenvalue weighted by Crippen LogP contribution is -2.30. The Morgan fingerprint density at radius 3 is 3.00 bits per heavy atom. The van der Waals surface area contributed by atoms with Gasteiger partial charge in [-0.3, -0.25) is 0 Å². The lowest BCUT2D eigenvalue weighted by Gasteiger charge is -2.28. The van der Waals surface area contributed by atoms with Crippen molar-refractivity contribution in [3.63, 3.8) is 0 Å². The first-order valence-corrected chi connectivity index (χ1v) is 7.37. The van der Waals surface area contributed by atoms with E-state index in [2.05, 4.69) is 22.3 Å². The molecule has 2 bridgehead atoms. The Kier molecular flexibility index (Phi) is 2.50. The smallest absolute Gasteiger partial charge is 0.243 e. The fraction of sp³-hybridized carbons (Fsp3) is 0.600. The van der Waals surface area contributed by atoms with Crippen LogP contribution in [0.25, 0.3) is 5.65 Å². The maximum atomic E-state index is 4.53. The van der Waals surface area contributed by atoms with E-state index in [0.717, 1.165) is 29.3 Å². The highest BCUT2D eigenvalue weighted by molar-refractivity contribution is 5.43. The summed E-state index contributed by atoms with van der Waals surface area (Å²) in [5.74, 6) is 3.50. The van der Waals surface area contributed by atoms with Crippen molar-refractivity contribution in [1.29, 1.82) is 0 Å². The zero-order valence-corrected chi connectivity index (χ0v) is 11.3. The summed E-state index contributed by atoms with van der Waals surface area (Å²) < 4.78 is 1.83. The van der Waals surface area contributed by atoms with E-state index in [1.165, 1.54) is 25.7 Å². The quantitative estimate of drug-likeness (QED) is 0.918. The third kappa shape index (κ3) is 1.90. The van der Waals surface area contributed by atoms with Gasteiger partial charge in [-0.25, -0.2) is 4.52 Å². The summed E-state index contributed by atoms with van der Waals surface area (Å²) in [6, 6.07) is 6.44. The highest BCUT2D eigenvalue weighted by Gasteiger charge is 2.41. The Hall–Kier alpha value is -1.58. The summed E-state index contributed by atoms with van der Waals surface area (Å²) in [6.07, 6.45) is 7.68. The monoisotopic (exact) mass is 256 g/mol. The molecule has 2 aliphatic carbocycles. The van der Waals surface area contributed by atoms with E-state index in [1.54, 1.807) is 0 Å². The molecule has 0 spiro atoms. The Morgan fingerprint density at radius 2 is 2.26 bits per heavy atom. The standard InChI is InChI=1S/C15H20N4/c1-10(13-9-11-5-6-12(13)8-11)16-15-17-14-4-2-3-7-19(14)18-15/h2-4,7,10-13H,5-6,8-9H2,1H3,(H,16,18). The van der Waals surface area contributed by atoms with Crippen LogP contribution in [-0.2, 0) is 0 Å². The molecule has 0 radical (unpaired) electrons. The van der Waals surface area contributed by atoms with E-state index in [-0.39, 0.29) is 0 Å². The van der Waals surface area contributed by atoms with Crippen LogP contribution < -0.4 is 5.32 Å². The Labute approximate surface area is 113 Å². The van der Waals surface area contributed by atoms with E-state index >= 15 is 0 Å². The fourth-order valence-electron chi connectivity index (χ4n) is 4.11. The number of nitrogens with zero attached hydrogens (tertiary/aromatic N) is 3. The summed E-state index contributed by atoms with van der Waals surface area (Å²) in [5.41, 5.74) is 0.908. The molecular formula is C15H20N4. The first-order chi connectivity index (χ1) is 9.29. The predicted octanol–water partition coefficient (Wildman–Crippen LogP) is 2.97. The summed E-state index contributed by atoms with van der Waals surface area (Å²) in [5, 5.41) is 8.00. The minimum absolute atomic E-state index is 0.479. The summed E-state index contributed by atoms with van der Waals surface area (Å²) in [4.78, 5) is 4.53. The number of anilines is 1. The molecule has 2 saturated carbocycles. The molecule has 2 heterocycles. The topological polar surface area (TPSA) is 42.2 Å². The number of rotatable bonds is 3. The van der Waals surface area contributed by atoms with Gasteiger partial charge in [0.2, 0.25) is 5.95 Å². The van der Waals surface area contributed by atoms with Gasteiger partial charge in [0.05, 0.1) is 0 Å². The van der Waals surface area contributed by atoms with Crippen LogP contribution in [0, 0.1) is 17.8 Å². The molecule has 0 aliphatic heterocycles. The van der Waals surface area contributed by atoms with E-state index in [9.17, 15) is 0 Å². The second-order valence-electron chi connectivity index (χ2n) is 6.21. The molecular weight excluding hydrogens is 236 g/mol. The molecule has 2 fully saturated rings. The van der Waals surface area contributed by atoms with Crippen molar-refractivity contribution in [3.05, 3.63) is 24.4 Å². The molecule has 4 nitrogen and oxygen atoms in total. The lowest BCUT2D eigenvalue weighted by molar-refractivity contribution is 0.303. The average molecular weight is 256 g/mol. The van der Waals surface area contributed by atoms with Crippen molar-refractivity contribution < 1.29 is 0 Å². The van der Waals surface area contributed by atoms with Gasteiger partial charge in [0.1, 0.15) is 0 Å². The molecule has 4 rings (SSSR count). The highest BCUT2D eigenvalue weighted by Crippen LogP contribution is 2.49. The molecule has 1 N–H and O–H groups in total. The Balaban J connectivity index is 1.51. The summed E-state index contributed by atoms with van der Waals surface area (Å²) >= 11 is 0. The second-order valence-corrected chi connectivity index (χ2v) is 6.21. The normalized spacial score (nSPS) is 30.9. The number of fused-ring (bicyclic) bond motifs is 3. The van der Waals surface area contributed by atoms with Crippen molar-refractivity contribution in [1.82, 2.24) is 14.6 Å². The highest BCUT2D eigenvalue weighted by atomic mass is 15.3. The van der Waals surface area contributed by atoms with E-state index in [1.807, 2.05) is 28.9 Å². The van der Waals surface area contributed by atoms with E-state index in [0.29, 0.717) is 6.04 Å². The van der Waals surface area contributed by atoms with Crippen molar-refractivity contribution in [2.45, 2.75) is 38.6 Å². The van der Waals surface area contributed by atoms with Crippen molar-refractivity contribution in [2.24, 2.45) is 17.8 Å². The summed E-state index contributed by atoms with van der Waals surface area (Å²) in [6.45, 7) is 2.29. The molecule has 2 aliphatic rings. The van der Waals surface area contributed by atoms with Crippen LogP contribution in [0.4, 0.5) is 5.95 Å². The third-order valence-corrected chi connectivity index (χ3v) is 5.03. The SMILES string of the molecule is CC(Nc1nc2ccccn2n1)C1CC2CCC1C2. The van der Waals surface area contributed by atoms with Gasteiger partial charge in [-0.1, -0.05) is 12.5 Å². The first kappa shape index (κ1) is 11.3. The van der Waals surface area contributed by atoms with E-state index in [4.69, 9.17) is 0 Å². The second kappa shape index (κ2) is 4.22. The number of pyridine rings is 1. The molecule has 100 valence electrons. The molecule has 0 amide bonds. The first-order valence-electron chi connectivity index (χ1n) is 7.37. The maximum Gasteiger partial charge on any atom is 0.243 e. The fourth-order valence-corrected chi connectivity index (χ4v) is 4.11. The predicted molar refractivity (Wildman–Crippen MR) is 75.0 cm³/mol. The zero-order valence-electron chi connectivity index (χ0n) is 11.3. The van der Waals surface area contributed by atoms with Crippen molar-refractivity contribution in [2.75, 3.05) is 5.32 Å². The van der Waals surface area contributed by atoms with E-state index < -0.39 is 0 Å². The Bertz CT molecular complexity index is 558. The Morgan fingerprint density at radius 1 is 1.32 bits per heavy atom. The van der Waals surface area contributed by atoms with Gasteiger partial charge in [0.15, 0.2) is 5.65 Å². The third-order valence-electron chi connectivity index (χ3n) is 5.03. The van der Waals surface area contributed by atoms with Gasteiger partial charge < -0.3 is 5.32 Å². The molecule has 0 aromatic carbocycles. The van der Waals surface area contributed by atoms with Gasteiger partial charge in [-0.15, -0.1) is 5.10 Å². The number of hydrogen-bond donors (Lipinski definition) is 1. The van der Waals surface area contributed by atoms with Gasteiger partial charge in [0.25, 0.3) is 0 Å². The van der Waals surface area contributed by atoms with Crippen LogP contribution in [-0.4, -0.2) is 20.6 Å². The zero-order chi connectivity index (χ0) is 12.8. The largest absolute Gasteiger partial charge is 0.350 e. The molecule has 2 aromatic rings. The van der Waals surface area contributed by atoms with Crippen LogP contribution in [0.1, 0.15) is 32.6 Å². The van der Waals surface area contributed by atoms with Crippen LogP contribution >= 0.6 is 0 Å². The van der Waals surface area contributed by atoms with Gasteiger partial charge in [-0.05, 0) is 56.1 Å². The van der Waals surface area contributed by atoms with Gasteiger partial charge in [0, 0.05) is 12.2 Å². The molecule has 19 heavy (non-hydrogen) atoms. The van der Waals surface area contributed by atoms with Crippen LogP contribution in [0.15, 0.2) is 24.4 Å². The maximum absolute atomic E-state index is 4.53. The van der Waals surface area contributed by atoms with Crippen molar-refractivity contribution >= 4 is 11.6 Å². The van der Waals surface area contributed by atoms with Crippen LogP contribution in [0.2, 0.25) is 0 Å². The average Bonchev–Trinajstić information content (AvgIpc) is 3.12. The van der Waals surface area contributed by atoms with Gasteiger partial charge in [-0.2, -0.15) is 4.98 Å². The van der Waals surface area contributed by atoms with Crippen molar-refractivity contribution in [3.8, 4) is 0 Å². The molecule has 4 heteroatoms. The molecule has 4 atom stereocenters. The van der Waals surface area contributed by atoms with Gasteiger partial charge >= 0.3 is 0 Å². The number of aromatic nitrogens is 3. The molecule has 4 unspecified atom stereocenters. The molecule has 0 saturated heterocycles. The number of hydrogen-bond acceptors (Lipinski definition) is 3. The number of nitrogens with one attached hydrogen (secondary N) is 1. The van der Waals surface area contributed by atoms with Crippen LogP contribution in [0.5, 0.6) is 0 Å². The summed E-state index contributed by atoms with van der Waals surface area (Å²) in [7, 11) is 0. The van der Waals surface area contributed by atoms with Crippen LogP contribution in [0.3, 0.4) is 0 Å².